The molecule has 0 saturated heterocycles. The molecule has 0 atom stereocenters. The molecule has 1 aromatic rings. The van der Waals surface area contributed by atoms with Crippen molar-refractivity contribution >= 4 is 5.95 Å². The minimum absolute atomic E-state index is 0.00714. The molecule has 0 aliphatic heterocycles. The van der Waals surface area contributed by atoms with Gasteiger partial charge in [0.15, 0.2) is 0 Å². The van der Waals surface area contributed by atoms with Crippen molar-refractivity contribution < 1.29 is 5.11 Å². The average molecular weight is 223 g/mol. The van der Waals surface area contributed by atoms with Crippen LogP contribution in [0.2, 0.25) is 0 Å². The summed E-state index contributed by atoms with van der Waals surface area (Å²) in [5, 5.41) is 9.05. The molecule has 0 bridgehead atoms. The topological polar surface area (TPSA) is 49.2 Å². The number of unbranched alkanes of at least 4 members (excludes halogenated alkanes) is 1. The van der Waals surface area contributed by atoms with Crippen molar-refractivity contribution in [1.82, 2.24) is 9.97 Å². The Morgan fingerprint density at radius 2 is 2.12 bits per heavy atom. The van der Waals surface area contributed by atoms with Crippen molar-refractivity contribution in [3.05, 3.63) is 17.5 Å². The van der Waals surface area contributed by atoms with Crippen molar-refractivity contribution in [1.29, 1.82) is 0 Å². The number of aliphatic hydroxyl groups excluding tert-OH is 1. The summed E-state index contributed by atoms with van der Waals surface area (Å²) in [6.45, 7) is 8.10. The Balaban J connectivity index is 2.80. The van der Waals surface area contributed by atoms with E-state index in [0.29, 0.717) is 0 Å². The monoisotopic (exact) mass is 223 g/mol. The fraction of sp³-hybridized carbons (Fsp3) is 0.667. The Kier molecular flexibility index (Phi) is 5.19. The number of hydrogen-bond donors (Lipinski definition) is 1. The normalized spacial score (nSPS) is 10.5. The molecule has 0 radical (unpaired) electrons. The number of nitrogens with zero attached hydrogens (tertiary/aromatic N) is 3. The summed E-state index contributed by atoms with van der Waals surface area (Å²) < 4.78 is 0. The molecule has 0 spiro atoms. The lowest BCUT2D eigenvalue weighted by Crippen LogP contribution is -2.26. The molecular weight excluding hydrogens is 202 g/mol. The van der Waals surface area contributed by atoms with Crippen LogP contribution in [0.1, 0.15) is 37.9 Å². The molecule has 1 heterocycles. The Labute approximate surface area is 97.3 Å². The Hall–Kier alpha value is -1.16. The third kappa shape index (κ3) is 3.17. The maximum Gasteiger partial charge on any atom is 0.225 e. The highest BCUT2D eigenvalue weighted by Gasteiger charge is 2.08. The molecule has 0 amide bonds. The van der Waals surface area contributed by atoms with Gasteiger partial charge in [-0.25, -0.2) is 9.97 Å². The van der Waals surface area contributed by atoms with Gasteiger partial charge in [-0.15, -0.1) is 0 Å². The first-order chi connectivity index (χ1) is 7.72. The summed E-state index contributed by atoms with van der Waals surface area (Å²) in [6, 6.07) is 0. The van der Waals surface area contributed by atoms with Gasteiger partial charge in [0, 0.05) is 30.5 Å². The zero-order valence-electron chi connectivity index (χ0n) is 10.4. The van der Waals surface area contributed by atoms with E-state index in [1.165, 1.54) is 6.42 Å². The number of aliphatic hydroxyl groups is 1. The second-order valence-electron chi connectivity index (χ2n) is 3.87. The van der Waals surface area contributed by atoms with Crippen molar-refractivity contribution in [3.63, 3.8) is 0 Å². The third-order valence-corrected chi connectivity index (χ3v) is 2.68. The predicted octanol–water partition coefficient (Wildman–Crippen LogP) is 1.90. The second kappa shape index (κ2) is 6.43. The summed E-state index contributed by atoms with van der Waals surface area (Å²) in [7, 11) is 0. The minimum atomic E-state index is 0.00714. The minimum Gasteiger partial charge on any atom is -0.392 e. The SMILES string of the molecule is CCCCN(CC)c1ncc(CO)c(C)n1. The zero-order valence-corrected chi connectivity index (χ0v) is 10.4. The maximum absolute atomic E-state index is 9.05. The first-order valence-electron chi connectivity index (χ1n) is 5.91. The van der Waals surface area contributed by atoms with E-state index in [1.54, 1.807) is 6.20 Å². The quantitative estimate of drug-likeness (QED) is 0.800. The van der Waals surface area contributed by atoms with Crippen LogP contribution in [0, 0.1) is 6.92 Å². The highest BCUT2D eigenvalue weighted by molar-refractivity contribution is 5.32. The van der Waals surface area contributed by atoms with Gasteiger partial charge in [-0.3, -0.25) is 0 Å². The Morgan fingerprint density at radius 3 is 2.62 bits per heavy atom. The smallest absolute Gasteiger partial charge is 0.225 e. The maximum atomic E-state index is 9.05. The van der Waals surface area contributed by atoms with Crippen LogP contribution in [0.5, 0.6) is 0 Å². The fourth-order valence-corrected chi connectivity index (χ4v) is 1.54. The second-order valence-corrected chi connectivity index (χ2v) is 3.87. The number of aryl methyl sites for hydroxylation is 1. The van der Waals surface area contributed by atoms with E-state index in [-0.39, 0.29) is 6.61 Å². The van der Waals surface area contributed by atoms with E-state index >= 15 is 0 Å². The molecule has 0 fully saturated rings. The van der Waals surface area contributed by atoms with E-state index in [9.17, 15) is 0 Å². The summed E-state index contributed by atoms with van der Waals surface area (Å²) in [5.74, 6) is 0.769. The predicted molar refractivity (Wildman–Crippen MR) is 65.5 cm³/mol. The van der Waals surface area contributed by atoms with Gasteiger partial charge in [0.25, 0.3) is 0 Å². The van der Waals surface area contributed by atoms with Crippen LogP contribution >= 0.6 is 0 Å². The molecule has 0 saturated carbocycles. The lowest BCUT2D eigenvalue weighted by Gasteiger charge is -2.21. The van der Waals surface area contributed by atoms with Crippen LogP contribution < -0.4 is 4.90 Å². The van der Waals surface area contributed by atoms with Crippen molar-refractivity contribution in [3.8, 4) is 0 Å². The molecule has 0 aliphatic carbocycles. The van der Waals surface area contributed by atoms with Crippen LogP contribution in [-0.4, -0.2) is 28.2 Å². The number of hydrogen-bond acceptors (Lipinski definition) is 4. The van der Waals surface area contributed by atoms with E-state index < -0.39 is 0 Å². The van der Waals surface area contributed by atoms with Gasteiger partial charge in [-0.2, -0.15) is 0 Å². The largest absolute Gasteiger partial charge is 0.392 e. The van der Waals surface area contributed by atoms with Gasteiger partial charge >= 0.3 is 0 Å². The average Bonchev–Trinajstić information content (AvgIpc) is 2.30. The van der Waals surface area contributed by atoms with Crippen LogP contribution in [0.3, 0.4) is 0 Å². The van der Waals surface area contributed by atoms with Gasteiger partial charge in [-0.05, 0) is 20.3 Å². The van der Waals surface area contributed by atoms with Crippen LogP contribution in [-0.2, 0) is 6.61 Å². The molecule has 0 aliphatic rings. The van der Waals surface area contributed by atoms with Gasteiger partial charge < -0.3 is 10.0 Å². The zero-order chi connectivity index (χ0) is 12.0. The lowest BCUT2D eigenvalue weighted by atomic mass is 10.2. The van der Waals surface area contributed by atoms with Crippen LogP contribution in [0.4, 0.5) is 5.95 Å². The van der Waals surface area contributed by atoms with E-state index in [4.69, 9.17) is 5.11 Å². The summed E-state index contributed by atoms with van der Waals surface area (Å²) in [5.41, 5.74) is 1.66. The van der Waals surface area contributed by atoms with E-state index in [1.807, 2.05) is 6.92 Å². The summed E-state index contributed by atoms with van der Waals surface area (Å²) in [4.78, 5) is 10.9. The van der Waals surface area contributed by atoms with Crippen molar-refractivity contribution in [2.45, 2.75) is 40.2 Å². The fourth-order valence-electron chi connectivity index (χ4n) is 1.54. The molecular formula is C12H21N3O. The number of aromatic nitrogens is 2. The van der Waals surface area contributed by atoms with Gasteiger partial charge in [0.1, 0.15) is 0 Å². The molecule has 0 aromatic carbocycles. The number of anilines is 1. The Morgan fingerprint density at radius 1 is 1.38 bits per heavy atom. The molecule has 90 valence electrons. The van der Waals surface area contributed by atoms with Gasteiger partial charge in [0.2, 0.25) is 5.95 Å². The van der Waals surface area contributed by atoms with E-state index in [2.05, 4.69) is 28.7 Å². The van der Waals surface area contributed by atoms with E-state index in [0.717, 1.165) is 36.7 Å². The molecule has 16 heavy (non-hydrogen) atoms. The first kappa shape index (κ1) is 12.9. The third-order valence-electron chi connectivity index (χ3n) is 2.68. The molecule has 1 rings (SSSR count). The molecule has 4 heteroatoms. The summed E-state index contributed by atoms with van der Waals surface area (Å²) in [6.07, 6.45) is 4.04. The van der Waals surface area contributed by atoms with Crippen molar-refractivity contribution in [2.24, 2.45) is 0 Å². The van der Waals surface area contributed by atoms with Crippen LogP contribution in [0.15, 0.2) is 6.20 Å². The van der Waals surface area contributed by atoms with Gasteiger partial charge in [-0.1, -0.05) is 13.3 Å². The molecule has 4 nitrogen and oxygen atoms in total. The standard InChI is InChI=1S/C12H21N3O/c1-4-6-7-15(5-2)12-13-8-11(9-16)10(3)14-12/h8,16H,4-7,9H2,1-3H3. The highest BCUT2D eigenvalue weighted by atomic mass is 16.3. The number of rotatable bonds is 6. The van der Waals surface area contributed by atoms with Crippen molar-refractivity contribution in [2.75, 3.05) is 18.0 Å². The lowest BCUT2D eigenvalue weighted by molar-refractivity contribution is 0.280. The molecule has 0 unspecified atom stereocenters. The first-order valence-corrected chi connectivity index (χ1v) is 5.91. The van der Waals surface area contributed by atoms with Gasteiger partial charge in [0.05, 0.1) is 6.61 Å². The molecule has 1 N–H and O–H groups in total. The van der Waals surface area contributed by atoms with Crippen LogP contribution in [0.25, 0.3) is 0 Å². The molecule has 1 aromatic heterocycles. The highest BCUT2D eigenvalue weighted by Crippen LogP contribution is 2.11. The Bertz CT molecular complexity index is 328. The summed E-state index contributed by atoms with van der Waals surface area (Å²) >= 11 is 0.